The van der Waals surface area contributed by atoms with Gasteiger partial charge in [0.2, 0.25) is 5.88 Å². The Kier molecular flexibility index (Phi) is 7.59. The Balaban J connectivity index is 1.30. The van der Waals surface area contributed by atoms with E-state index in [0.717, 1.165) is 24.8 Å². The molecule has 190 valence electrons. The van der Waals surface area contributed by atoms with Gasteiger partial charge in [0, 0.05) is 19.3 Å². The molecular weight excluding hydrogens is 472 g/mol. The number of hydrogen-bond donors (Lipinski definition) is 0. The second kappa shape index (κ2) is 11.4. The van der Waals surface area contributed by atoms with Crippen LogP contribution in [0.2, 0.25) is 0 Å². The molecule has 1 saturated heterocycles. The number of benzene rings is 3. The van der Waals surface area contributed by atoms with Crippen molar-refractivity contribution in [3.63, 3.8) is 0 Å². The second-order valence-corrected chi connectivity index (χ2v) is 9.52. The highest BCUT2D eigenvalue weighted by Crippen LogP contribution is 2.26. The number of likely N-dealkylation sites (tertiary alicyclic amines) is 1. The number of hydrogen-bond acceptors (Lipinski definition) is 3. The van der Waals surface area contributed by atoms with Gasteiger partial charge in [-0.1, -0.05) is 54.6 Å². The maximum absolute atomic E-state index is 13.7. The quantitative estimate of drug-likeness (QED) is 0.303. The molecule has 3 aromatic carbocycles. The average Bonchev–Trinajstić information content (AvgIpc) is 3.30. The summed E-state index contributed by atoms with van der Waals surface area (Å²) in [6, 6.07) is 22.8. The van der Waals surface area contributed by atoms with Crippen LogP contribution in [0.15, 0.2) is 85.1 Å². The fourth-order valence-electron chi connectivity index (χ4n) is 4.80. The van der Waals surface area contributed by atoms with Crippen molar-refractivity contribution in [1.82, 2.24) is 14.7 Å². The van der Waals surface area contributed by atoms with E-state index < -0.39 is 0 Å². The highest BCUT2D eigenvalue weighted by Gasteiger charge is 2.28. The molecule has 1 aromatic heterocycles. The molecule has 1 amide bonds. The summed E-state index contributed by atoms with van der Waals surface area (Å²) < 4.78 is 34.8. The monoisotopic (exact) mass is 501 g/mol. The highest BCUT2D eigenvalue weighted by atomic mass is 19.1. The average molecular weight is 502 g/mol. The van der Waals surface area contributed by atoms with Gasteiger partial charge in [0.15, 0.2) is 0 Å². The number of piperidine rings is 1. The van der Waals surface area contributed by atoms with Crippen LogP contribution in [0, 0.1) is 17.6 Å². The van der Waals surface area contributed by atoms with E-state index in [0.29, 0.717) is 36.7 Å². The van der Waals surface area contributed by atoms with E-state index in [-0.39, 0.29) is 30.0 Å². The molecule has 0 unspecified atom stereocenters. The molecule has 2 heterocycles. The Bertz CT molecular complexity index is 1350. The SMILES string of the molecule is O=C(c1cn(Cc2cccc(F)c2)nc1OCc1cccc(F)c1)N1CCC(Cc2ccccc2)CC1. The molecule has 0 saturated carbocycles. The molecule has 0 aliphatic carbocycles. The summed E-state index contributed by atoms with van der Waals surface area (Å²) in [7, 11) is 0. The molecule has 1 aliphatic rings. The van der Waals surface area contributed by atoms with Crippen molar-refractivity contribution in [3.8, 4) is 5.88 Å². The second-order valence-electron chi connectivity index (χ2n) is 9.52. The minimum atomic E-state index is -0.354. The standard InChI is InChI=1S/C30H29F2N3O2/c31-26-10-4-8-24(17-26)19-35-20-28(29(33-35)37-21-25-9-5-11-27(32)18-25)30(36)34-14-12-23(13-15-34)16-22-6-2-1-3-7-22/h1-11,17-18,20,23H,12-16,19,21H2. The molecule has 0 spiro atoms. The largest absolute Gasteiger partial charge is 0.471 e. The van der Waals surface area contributed by atoms with Crippen LogP contribution in [0.4, 0.5) is 8.78 Å². The number of carbonyl (C=O) groups is 1. The summed E-state index contributed by atoms with van der Waals surface area (Å²) >= 11 is 0. The van der Waals surface area contributed by atoms with Crippen LogP contribution in [-0.4, -0.2) is 33.7 Å². The Labute approximate surface area is 215 Å². The van der Waals surface area contributed by atoms with Crippen molar-refractivity contribution in [1.29, 1.82) is 0 Å². The third-order valence-electron chi connectivity index (χ3n) is 6.73. The van der Waals surface area contributed by atoms with Gasteiger partial charge in [-0.25, -0.2) is 8.78 Å². The molecule has 1 fully saturated rings. The minimum Gasteiger partial charge on any atom is -0.471 e. The van der Waals surface area contributed by atoms with Gasteiger partial charge in [-0.15, -0.1) is 5.10 Å². The van der Waals surface area contributed by atoms with Gasteiger partial charge in [0.25, 0.3) is 5.91 Å². The fraction of sp³-hybridized carbons (Fsp3) is 0.267. The summed E-state index contributed by atoms with van der Waals surface area (Å²) in [6.07, 6.45) is 4.52. The zero-order valence-electron chi connectivity index (χ0n) is 20.5. The zero-order valence-corrected chi connectivity index (χ0v) is 20.5. The van der Waals surface area contributed by atoms with Crippen LogP contribution in [0.25, 0.3) is 0 Å². The third kappa shape index (κ3) is 6.42. The third-order valence-corrected chi connectivity index (χ3v) is 6.73. The van der Waals surface area contributed by atoms with Crippen LogP contribution in [0.3, 0.4) is 0 Å². The molecule has 4 aromatic rings. The van der Waals surface area contributed by atoms with Crippen molar-refractivity contribution in [2.75, 3.05) is 13.1 Å². The molecule has 7 heteroatoms. The molecular formula is C30H29F2N3O2. The number of rotatable bonds is 8. The molecule has 0 atom stereocenters. The van der Waals surface area contributed by atoms with Gasteiger partial charge < -0.3 is 9.64 Å². The lowest BCUT2D eigenvalue weighted by Gasteiger charge is -2.32. The first-order valence-electron chi connectivity index (χ1n) is 12.6. The van der Waals surface area contributed by atoms with Gasteiger partial charge in [-0.2, -0.15) is 0 Å². The van der Waals surface area contributed by atoms with Crippen molar-refractivity contribution in [2.45, 2.75) is 32.4 Å². The first-order valence-corrected chi connectivity index (χ1v) is 12.6. The summed E-state index contributed by atoms with van der Waals surface area (Å²) in [6.45, 7) is 1.69. The van der Waals surface area contributed by atoms with Gasteiger partial charge in [-0.3, -0.25) is 9.48 Å². The maximum atomic E-state index is 13.7. The first kappa shape index (κ1) is 24.7. The number of nitrogens with zero attached hydrogens (tertiary/aromatic N) is 3. The number of halogens is 2. The Hall–Kier alpha value is -4.00. The zero-order chi connectivity index (χ0) is 25.6. The Morgan fingerprint density at radius 2 is 1.51 bits per heavy atom. The predicted molar refractivity (Wildman–Crippen MR) is 137 cm³/mol. The summed E-state index contributed by atoms with van der Waals surface area (Å²) in [5, 5.41) is 4.49. The fourth-order valence-corrected chi connectivity index (χ4v) is 4.80. The first-order chi connectivity index (χ1) is 18.0. The maximum Gasteiger partial charge on any atom is 0.260 e. The summed E-state index contributed by atoms with van der Waals surface area (Å²) in [4.78, 5) is 15.4. The number of carbonyl (C=O) groups excluding carboxylic acids is 1. The molecule has 5 nitrogen and oxygen atoms in total. The Morgan fingerprint density at radius 1 is 0.865 bits per heavy atom. The van der Waals surface area contributed by atoms with E-state index in [1.807, 2.05) is 11.0 Å². The van der Waals surface area contributed by atoms with Gasteiger partial charge in [0.1, 0.15) is 23.8 Å². The molecule has 1 aliphatic heterocycles. The normalized spacial score (nSPS) is 14.1. The van der Waals surface area contributed by atoms with Crippen molar-refractivity contribution >= 4 is 5.91 Å². The van der Waals surface area contributed by atoms with Crippen LogP contribution in [-0.2, 0) is 19.6 Å². The van der Waals surface area contributed by atoms with Gasteiger partial charge in [0.05, 0.1) is 6.54 Å². The van der Waals surface area contributed by atoms with E-state index in [1.54, 1.807) is 35.1 Å². The number of ether oxygens (including phenoxy) is 1. The van der Waals surface area contributed by atoms with E-state index in [1.165, 1.54) is 29.8 Å². The summed E-state index contributed by atoms with van der Waals surface area (Å²) in [5.41, 5.74) is 3.04. The highest BCUT2D eigenvalue weighted by molar-refractivity contribution is 5.96. The van der Waals surface area contributed by atoms with Crippen molar-refractivity contribution in [3.05, 3.63) is 119 Å². The molecule has 0 N–H and O–H groups in total. The lowest BCUT2D eigenvalue weighted by Crippen LogP contribution is -2.39. The number of aromatic nitrogens is 2. The van der Waals surface area contributed by atoms with Crippen LogP contribution < -0.4 is 4.74 Å². The van der Waals surface area contributed by atoms with E-state index >= 15 is 0 Å². The topological polar surface area (TPSA) is 47.4 Å². The molecule has 5 rings (SSSR count). The van der Waals surface area contributed by atoms with Gasteiger partial charge >= 0.3 is 0 Å². The van der Waals surface area contributed by atoms with Crippen molar-refractivity contribution in [2.24, 2.45) is 5.92 Å². The van der Waals surface area contributed by atoms with Crippen LogP contribution in [0.1, 0.15) is 39.9 Å². The van der Waals surface area contributed by atoms with E-state index in [2.05, 4.69) is 29.4 Å². The molecule has 0 radical (unpaired) electrons. The smallest absolute Gasteiger partial charge is 0.260 e. The van der Waals surface area contributed by atoms with E-state index in [9.17, 15) is 13.6 Å². The lowest BCUT2D eigenvalue weighted by atomic mass is 9.90. The predicted octanol–water partition coefficient (Wildman–Crippen LogP) is 5.88. The molecule has 0 bridgehead atoms. The molecule has 37 heavy (non-hydrogen) atoms. The minimum absolute atomic E-state index is 0.0775. The Morgan fingerprint density at radius 3 is 2.22 bits per heavy atom. The summed E-state index contributed by atoms with van der Waals surface area (Å²) in [5.74, 6) is -0.102. The lowest BCUT2D eigenvalue weighted by molar-refractivity contribution is 0.0685. The van der Waals surface area contributed by atoms with E-state index in [4.69, 9.17) is 4.74 Å². The van der Waals surface area contributed by atoms with Crippen molar-refractivity contribution < 1.29 is 18.3 Å². The van der Waals surface area contributed by atoms with Crippen LogP contribution in [0.5, 0.6) is 5.88 Å². The van der Waals surface area contributed by atoms with Crippen LogP contribution >= 0.6 is 0 Å². The van der Waals surface area contributed by atoms with Gasteiger partial charge in [-0.05, 0) is 66.1 Å². The number of amides is 1.